The Balaban J connectivity index is 2.49. The number of nitrogens with zero attached hydrogens (tertiary/aromatic N) is 1. The molecule has 1 saturated heterocycles. The van der Waals surface area contributed by atoms with E-state index in [-0.39, 0.29) is 18.2 Å². The van der Waals surface area contributed by atoms with Gasteiger partial charge in [-0.05, 0) is 31.0 Å². The topological polar surface area (TPSA) is 63.4 Å². The summed E-state index contributed by atoms with van der Waals surface area (Å²) in [5.41, 5.74) is 8.23. The normalized spacial score (nSPS) is 20.7. The van der Waals surface area contributed by atoms with Crippen molar-refractivity contribution in [1.82, 2.24) is 0 Å². The molecule has 1 fully saturated rings. The average molecular weight is 218 g/mol. The van der Waals surface area contributed by atoms with Gasteiger partial charge < -0.3 is 5.73 Å². The Morgan fingerprint density at radius 3 is 2.56 bits per heavy atom. The average Bonchev–Trinajstić information content (AvgIpc) is 2.47. The van der Waals surface area contributed by atoms with Crippen molar-refractivity contribution in [2.24, 2.45) is 5.73 Å². The van der Waals surface area contributed by atoms with Gasteiger partial charge in [-0.25, -0.2) is 4.90 Å². The zero-order chi connectivity index (χ0) is 11.9. The Labute approximate surface area is 94.0 Å². The molecule has 2 rings (SSSR count). The monoisotopic (exact) mass is 218 g/mol. The molecule has 0 radical (unpaired) electrons. The highest BCUT2D eigenvalue weighted by Gasteiger charge is 2.37. The molecule has 1 heterocycles. The lowest BCUT2D eigenvalue weighted by Crippen LogP contribution is -2.35. The zero-order valence-electron chi connectivity index (χ0n) is 9.36. The Bertz CT molecular complexity index is 468. The molecule has 1 aliphatic rings. The van der Waals surface area contributed by atoms with E-state index in [2.05, 4.69) is 0 Å². The van der Waals surface area contributed by atoms with Crippen molar-refractivity contribution in [1.29, 1.82) is 0 Å². The minimum atomic E-state index is -0.688. The lowest BCUT2D eigenvalue weighted by molar-refractivity contribution is -0.121. The van der Waals surface area contributed by atoms with Crippen LogP contribution in [0.2, 0.25) is 0 Å². The van der Waals surface area contributed by atoms with Crippen molar-refractivity contribution in [3.63, 3.8) is 0 Å². The molecular formula is C12H14N2O2. The highest BCUT2D eigenvalue weighted by molar-refractivity contribution is 6.22. The number of hydrogen-bond acceptors (Lipinski definition) is 3. The molecule has 0 bridgehead atoms. The molecule has 0 aliphatic carbocycles. The summed E-state index contributed by atoms with van der Waals surface area (Å²) in [5.74, 6) is -0.523. The second kappa shape index (κ2) is 3.72. The van der Waals surface area contributed by atoms with Gasteiger partial charge in [-0.2, -0.15) is 0 Å². The fraction of sp³-hybridized carbons (Fsp3) is 0.333. The first-order chi connectivity index (χ1) is 7.52. The minimum Gasteiger partial charge on any atom is -0.319 e. The van der Waals surface area contributed by atoms with E-state index < -0.39 is 6.04 Å². The number of imide groups is 1. The van der Waals surface area contributed by atoms with Gasteiger partial charge in [0, 0.05) is 0 Å². The van der Waals surface area contributed by atoms with Gasteiger partial charge in [-0.1, -0.05) is 12.1 Å². The van der Waals surface area contributed by atoms with Crippen molar-refractivity contribution in [2.45, 2.75) is 26.3 Å². The molecule has 1 aromatic rings. The Morgan fingerprint density at radius 1 is 1.31 bits per heavy atom. The van der Waals surface area contributed by atoms with Crippen LogP contribution in [0.25, 0.3) is 0 Å². The molecule has 0 aromatic heterocycles. The van der Waals surface area contributed by atoms with Gasteiger partial charge in [0.15, 0.2) is 0 Å². The van der Waals surface area contributed by atoms with Crippen molar-refractivity contribution >= 4 is 17.5 Å². The molecular weight excluding hydrogens is 204 g/mol. The van der Waals surface area contributed by atoms with E-state index in [1.54, 1.807) is 6.07 Å². The van der Waals surface area contributed by atoms with Crippen LogP contribution in [0.15, 0.2) is 18.2 Å². The highest BCUT2D eigenvalue weighted by Crippen LogP contribution is 2.27. The summed E-state index contributed by atoms with van der Waals surface area (Å²) in [6.45, 7) is 3.85. The first-order valence-corrected chi connectivity index (χ1v) is 5.21. The number of aryl methyl sites for hydroxylation is 1. The lowest BCUT2D eigenvalue weighted by Gasteiger charge is -2.17. The molecule has 4 nitrogen and oxygen atoms in total. The zero-order valence-corrected chi connectivity index (χ0v) is 9.36. The maximum absolute atomic E-state index is 11.8. The summed E-state index contributed by atoms with van der Waals surface area (Å²) >= 11 is 0. The first kappa shape index (κ1) is 10.8. The van der Waals surface area contributed by atoms with Crippen LogP contribution in [0.3, 0.4) is 0 Å². The predicted octanol–water partition coefficient (Wildman–Crippen LogP) is 0.894. The second-order valence-electron chi connectivity index (χ2n) is 4.10. The van der Waals surface area contributed by atoms with E-state index in [4.69, 9.17) is 5.73 Å². The van der Waals surface area contributed by atoms with Crippen LogP contribution in [0.5, 0.6) is 0 Å². The molecule has 2 N–H and O–H groups in total. The van der Waals surface area contributed by atoms with E-state index >= 15 is 0 Å². The van der Waals surface area contributed by atoms with Crippen molar-refractivity contribution < 1.29 is 9.59 Å². The van der Waals surface area contributed by atoms with E-state index in [9.17, 15) is 9.59 Å². The van der Waals surface area contributed by atoms with Crippen molar-refractivity contribution in [3.05, 3.63) is 29.3 Å². The van der Waals surface area contributed by atoms with Crippen molar-refractivity contribution in [2.75, 3.05) is 4.90 Å². The molecule has 1 unspecified atom stereocenters. The summed E-state index contributed by atoms with van der Waals surface area (Å²) in [6.07, 6.45) is 0.103. The van der Waals surface area contributed by atoms with Gasteiger partial charge in [0.05, 0.1) is 18.2 Å². The standard InChI is InChI=1S/C12H14N2O2/c1-7-4-3-5-10(8(7)2)14-11(15)6-9(13)12(14)16/h3-5,9H,6,13H2,1-2H3. The van der Waals surface area contributed by atoms with Crippen LogP contribution in [0.4, 0.5) is 5.69 Å². The number of benzene rings is 1. The maximum atomic E-state index is 11.8. The molecule has 0 saturated carbocycles. The molecule has 1 aromatic carbocycles. The molecule has 84 valence electrons. The van der Waals surface area contributed by atoms with Gasteiger partial charge >= 0.3 is 0 Å². The van der Waals surface area contributed by atoms with Gasteiger partial charge in [-0.15, -0.1) is 0 Å². The quantitative estimate of drug-likeness (QED) is 0.712. The van der Waals surface area contributed by atoms with Crippen LogP contribution in [-0.4, -0.2) is 17.9 Å². The number of rotatable bonds is 1. The molecule has 1 atom stereocenters. The number of amides is 2. The smallest absolute Gasteiger partial charge is 0.251 e. The summed E-state index contributed by atoms with van der Waals surface area (Å²) < 4.78 is 0. The minimum absolute atomic E-state index is 0.103. The lowest BCUT2D eigenvalue weighted by atomic mass is 10.1. The fourth-order valence-corrected chi connectivity index (χ4v) is 1.89. The Kier molecular flexibility index (Phi) is 2.52. The van der Waals surface area contributed by atoms with Crippen molar-refractivity contribution in [3.8, 4) is 0 Å². The molecule has 4 heteroatoms. The largest absolute Gasteiger partial charge is 0.319 e. The third kappa shape index (κ3) is 1.51. The number of carbonyl (C=O) groups is 2. The van der Waals surface area contributed by atoms with E-state index in [0.29, 0.717) is 5.69 Å². The van der Waals surface area contributed by atoms with Crippen LogP contribution in [-0.2, 0) is 9.59 Å². The summed E-state index contributed by atoms with van der Waals surface area (Å²) in [6, 6.07) is 4.87. The number of nitrogens with two attached hydrogens (primary N) is 1. The second-order valence-corrected chi connectivity index (χ2v) is 4.10. The predicted molar refractivity (Wildman–Crippen MR) is 61.0 cm³/mol. The van der Waals surface area contributed by atoms with E-state index in [1.165, 1.54) is 4.90 Å². The summed E-state index contributed by atoms with van der Waals surface area (Å²) in [7, 11) is 0. The van der Waals surface area contributed by atoms with E-state index in [0.717, 1.165) is 11.1 Å². The third-order valence-corrected chi connectivity index (χ3v) is 3.00. The number of anilines is 1. The molecule has 16 heavy (non-hydrogen) atoms. The van der Waals surface area contributed by atoms with Gasteiger partial charge in [0.2, 0.25) is 5.91 Å². The maximum Gasteiger partial charge on any atom is 0.251 e. The van der Waals surface area contributed by atoms with E-state index in [1.807, 2.05) is 26.0 Å². The molecule has 1 aliphatic heterocycles. The van der Waals surface area contributed by atoms with Crippen LogP contribution in [0, 0.1) is 13.8 Å². The van der Waals surface area contributed by atoms with Crippen LogP contribution in [0.1, 0.15) is 17.5 Å². The number of carbonyl (C=O) groups excluding carboxylic acids is 2. The summed E-state index contributed by atoms with van der Waals surface area (Å²) in [5, 5.41) is 0. The van der Waals surface area contributed by atoms with Gasteiger partial charge in [0.25, 0.3) is 5.91 Å². The Hall–Kier alpha value is -1.68. The van der Waals surface area contributed by atoms with Crippen LogP contribution >= 0.6 is 0 Å². The van der Waals surface area contributed by atoms with Gasteiger partial charge in [-0.3, -0.25) is 9.59 Å². The van der Waals surface area contributed by atoms with Gasteiger partial charge in [0.1, 0.15) is 0 Å². The highest BCUT2D eigenvalue weighted by atomic mass is 16.2. The first-order valence-electron chi connectivity index (χ1n) is 5.21. The fourth-order valence-electron chi connectivity index (χ4n) is 1.89. The molecule has 2 amide bonds. The summed E-state index contributed by atoms with van der Waals surface area (Å²) in [4.78, 5) is 24.6. The third-order valence-electron chi connectivity index (χ3n) is 3.00. The SMILES string of the molecule is Cc1cccc(N2C(=O)CC(N)C2=O)c1C. The number of hydrogen-bond donors (Lipinski definition) is 1. The van der Waals surface area contributed by atoms with Crippen LogP contribution < -0.4 is 10.6 Å². The Morgan fingerprint density at radius 2 is 2.00 bits per heavy atom. The molecule has 0 spiro atoms.